The zero-order chi connectivity index (χ0) is 31.5. The maximum atomic E-state index is 13.7. The van der Waals surface area contributed by atoms with Crippen molar-refractivity contribution in [2.45, 2.75) is 135 Å². The van der Waals surface area contributed by atoms with E-state index in [2.05, 4.69) is 10.6 Å². The maximum Gasteiger partial charge on any atom is 0.242 e. The van der Waals surface area contributed by atoms with E-state index in [-0.39, 0.29) is 18.1 Å². The molecule has 42 heavy (non-hydrogen) atoms. The molecule has 0 aliphatic heterocycles. The largest absolute Gasteiger partial charge is 0.390 e. The first-order chi connectivity index (χ1) is 19.7. The number of amides is 2. The Balaban J connectivity index is 2.29. The molecule has 1 aliphatic rings. The third-order valence-corrected chi connectivity index (χ3v) is 11.3. The van der Waals surface area contributed by atoms with Gasteiger partial charge in [-0.15, -0.1) is 0 Å². The second-order valence-electron chi connectivity index (χ2n) is 13.6. The van der Waals surface area contributed by atoms with Crippen LogP contribution in [0.2, 0.25) is 0 Å². The quantitative estimate of drug-likeness (QED) is 0.217. The molecule has 8 nitrogen and oxygen atoms in total. The van der Waals surface area contributed by atoms with Crippen LogP contribution in [0.5, 0.6) is 0 Å². The molecule has 5 atom stereocenters. The van der Waals surface area contributed by atoms with Crippen LogP contribution in [0.25, 0.3) is 0 Å². The van der Waals surface area contributed by atoms with Crippen molar-refractivity contribution in [1.82, 2.24) is 10.6 Å². The normalized spacial score (nSPS) is 18.6. The Morgan fingerprint density at radius 3 is 2.12 bits per heavy atom. The fourth-order valence-electron chi connectivity index (χ4n) is 5.59. The van der Waals surface area contributed by atoms with E-state index in [0.717, 1.165) is 37.7 Å². The second-order valence-corrected chi connectivity index (χ2v) is 16.4. The van der Waals surface area contributed by atoms with Crippen molar-refractivity contribution < 1.29 is 28.2 Å². The summed E-state index contributed by atoms with van der Waals surface area (Å²) in [4.78, 5) is 27.4. The molecule has 1 aliphatic carbocycles. The molecule has 0 aromatic heterocycles. The number of aliphatic hydroxyl groups excluding tert-OH is 2. The topological polar surface area (TPSA) is 133 Å². The van der Waals surface area contributed by atoms with Gasteiger partial charge in [0.25, 0.3) is 0 Å². The summed E-state index contributed by atoms with van der Waals surface area (Å²) in [5, 5.41) is 27.7. The number of sulfone groups is 1. The molecule has 0 unspecified atom stereocenters. The summed E-state index contributed by atoms with van der Waals surface area (Å²) < 4.78 is 25.3. The van der Waals surface area contributed by atoms with Gasteiger partial charge in [0.2, 0.25) is 11.8 Å². The van der Waals surface area contributed by atoms with Gasteiger partial charge >= 0.3 is 0 Å². The van der Waals surface area contributed by atoms with E-state index in [1.54, 1.807) is 20.8 Å². The zero-order valence-corrected chi connectivity index (χ0v) is 27.5. The van der Waals surface area contributed by atoms with E-state index in [0.29, 0.717) is 25.2 Å². The molecule has 1 aromatic rings. The molecule has 0 heterocycles. The minimum absolute atomic E-state index is 0.190. The highest BCUT2D eigenvalue weighted by Crippen LogP contribution is 2.29. The van der Waals surface area contributed by atoms with Crippen molar-refractivity contribution in [3.8, 4) is 0 Å². The number of hydrogen-bond acceptors (Lipinski definition) is 6. The number of unbranched alkanes of at least 4 members (excludes halogenated alkanes) is 1. The summed E-state index contributed by atoms with van der Waals surface area (Å²) in [5.74, 6) is -1.94. The predicted molar refractivity (Wildman–Crippen MR) is 169 cm³/mol. The molecular formula is C33H56N2O6S. The highest BCUT2D eigenvalue weighted by atomic mass is 32.2. The fourth-order valence-corrected chi connectivity index (χ4v) is 6.89. The van der Waals surface area contributed by atoms with Gasteiger partial charge in [0.15, 0.2) is 9.84 Å². The number of rotatable bonds is 16. The molecule has 0 spiro atoms. The van der Waals surface area contributed by atoms with E-state index >= 15 is 0 Å². The number of aliphatic hydroxyl groups is 2. The standard InChI is InChI=1S/C33H56N2O6S/c1-7-8-19-27(32(39)35-28(30(37)29(36)23(2)3)21-25-17-13-10-14-18-25)34-31(38)26(20-24-15-11-9-12-16-24)22-42(40,41)33(4,5)6/h9,11-12,15-16,23,25-30,36-37H,7-8,10,13-14,17-22H2,1-6H3,(H,34,38)(H,35,39)/t26-,27+,28-,29+,30+/m1/s1. The molecule has 1 aromatic carbocycles. The fraction of sp³-hybridized carbons (Fsp3) is 0.758. The van der Waals surface area contributed by atoms with Crippen LogP contribution in [-0.2, 0) is 25.8 Å². The summed E-state index contributed by atoms with van der Waals surface area (Å²) in [6.45, 7) is 10.5. The van der Waals surface area contributed by atoms with Crippen molar-refractivity contribution in [3.63, 3.8) is 0 Å². The van der Waals surface area contributed by atoms with Crippen LogP contribution in [0.3, 0.4) is 0 Å². The van der Waals surface area contributed by atoms with Crippen molar-refractivity contribution in [2.75, 3.05) is 5.75 Å². The van der Waals surface area contributed by atoms with Gasteiger partial charge in [-0.1, -0.05) is 96.0 Å². The highest BCUT2D eigenvalue weighted by molar-refractivity contribution is 7.92. The average Bonchev–Trinajstić information content (AvgIpc) is 2.93. The molecule has 2 rings (SSSR count). The first kappa shape index (κ1) is 36.2. The van der Waals surface area contributed by atoms with Crippen LogP contribution >= 0.6 is 0 Å². The number of nitrogens with one attached hydrogen (secondary N) is 2. The summed E-state index contributed by atoms with van der Waals surface area (Å²) in [7, 11) is -3.62. The lowest BCUT2D eigenvalue weighted by molar-refractivity contribution is -0.132. The summed E-state index contributed by atoms with van der Waals surface area (Å²) in [5.41, 5.74) is 0.842. The molecule has 0 radical (unpaired) electrons. The molecular weight excluding hydrogens is 552 g/mol. The molecule has 1 saturated carbocycles. The van der Waals surface area contributed by atoms with Gasteiger partial charge < -0.3 is 20.8 Å². The first-order valence-electron chi connectivity index (χ1n) is 15.9. The van der Waals surface area contributed by atoms with Gasteiger partial charge in [-0.25, -0.2) is 8.42 Å². The van der Waals surface area contributed by atoms with E-state index in [4.69, 9.17) is 0 Å². The van der Waals surface area contributed by atoms with Crippen molar-refractivity contribution >= 4 is 21.7 Å². The lowest BCUT2D eigenvalue weighted by atomic mass is 9.82. The number of carbonyl (C=O) groups is 2. The van der Waals surface area contributed by atoms with Gasteiger partial charge in [-0.3, -0.25) is 9.59 Å². The van der Waals surface area contributed by atoms with Crippen LogP contribution < -0.4 is 10.6 Å². The first-order valence-corrected chi connectivity index (χ1v) is 17.5. The lowest BCUT2D eigenvalue weighted by Gasteiger charge is -2.34. The van der Waals surface area contributed by atoms with E-state index in [1.807, 2.05) is 51.1 Å². The third kappa shape index (κ3) is 11.3. The Morgan fingerprint density at radius 1 is 0.952 bits per heavy atom. The molecule has 2 amide bonds. The molecule has 240 valence electrons. The van der Waals surface area contributed by atoms with Gasteiger partial charge in [0.1, 0.15) is 12.1 Å². The van der Waals surface area contributed by atoms with E-state index < -0.39 is 56.6 Å². The lowest BCUT2D eigenvalue weighted by Crippen LogP contribution is -2.56. The van der Waals surface area contributed by atoms with E-state index in [1.165, 1.54) is 6.42 Å². The van der Waals surface area contributed by atoms with Crippen LogP contribution in [0.1, 0.15) is 105 Å². The smallest absolute Gasteiger partial charge is 0.242 e. The van der Waals surface area contributed by atoms with Gasteiger partial charge in [-0.2, -0.15) is 0 Å². The average molecular weight is 609 g/mol. The van der Waals surface area contributed by atoms with Crippen molar-refractivity contribution in [2.24, 2.45) is 17.8 Å². The van der Waals surface area contributed by atoms with Crippen LogP contribution in [0, 0.1) is 17.8 Å². The molecule has 4 N–H and O–H groups in total. The second kappa shape index (κ2) is 16.8. The molecule has 1 fully saturated rings. The Bertz CT molecular complexity index is 1060. The Labute approximate surface area is 254 Å². The zero-order valence-electron chi connectivity index (χ0n) is 26.6. The number of hydrogen-bond donors (Lipinski definition) is 4. The number of benzene rings is 1. The maximum absolute atomic E-state index is 13.7. The monoisotopic (exact) mass is 608 g/mol. The van der Waals surface area contributed by atoms with Gasteiger partial charge in [0.05, 0.1) is 28.6 Å². The van der Waals surface area contributed by atoms with Gasteiger partial charge in [-0.05, 0) is 57.4 Å². The van der Waals surface area contributed by atoms with Crippen molar-refractivity contribution in [3.05, 3.63) is 35.9 Å². The summed E-state index contributed by atoms with van der Waals surface area (Å²) in [6, 6.07) is 7.76. The summed E-state index contributed by atoms with van der Waals surface area (Å²) in [6.07, 6.45) is 6.00. The Kier molecular flexibility index (Phi) is 14.5. The van der Waals surface area contributed by atoms with Crippen molar-refractivity contribution in [1.29, 1.82) is 0 Å². The Hall–Kier alpha value is -1.97. The van der Waals surface area contributed by atoms with Crippen LogP contribution in [-0.4, -0.2) is 65.2 Å². The highest BCUT2D eigenvalue weighted by Gasteiger charge is 2.37. The molecule has 0 saturated heterocycles. The molecule has 9 heteroatoms. The minimum Gasteiger partial charge on any atom is -0.390 e. The third-order valence-electron chi connectivity index (χ3n) is 8.61. The number of carbonyl (C=O) groups excluding carboxylic acids is 2. The predicted octanol–water partition coefficient (Wildman–Crippen LogP) is 4.57. The van der Waals surface area contributed by atoms with Crippen LogP contribution in [0.4, 0.5) is 0 Å². The SMILES string of the molecule is CCCC[C@H](NC(=O)[C@H](Cc1ccccc1)CS(=O)(=O)C(C)(C)C)C(=O)N[C@H](CC1CCCCC1)[C@H](O)[C@@H](O)C(C)C. The molecule has 0 bridgehead atoms. The Morgan fingerprint density at radius 2 is 1.57 bits per heavy atom. The summed E-state index contributed by atoms with van der Waals surface area (Å²) >= 11 is 0. The minimum atomic E-state index is -3.62. The van der Waals surface area contributed by atoms with Crippen LogP contribution in [0.15, 0.2) is 30.3 Å². The van der Waals surface area contributed by atoms with E-state index in [9.17, 15) is 28.2 Å². The van der Waals surface area contributed by atoms with Gasteiger partial charge in [0, 0.05) is 0 Å².